The van der Waals surface area contributed by atoms with E-state index < -0.39 is 0 Å². The summed E-state index contributed by atoms with van der Waals surface area (Å²) in [6.07, 6.45) is 3.40. The van der Waals surface area contributed by atoms with E-state index in [9.17, 15) is 0 Å². The van der Waals surface area contributed by atoms with Gasteiger partial charge < -0.3 is 14.2 Å². The van der Waals surface area contributed by atoms with Crippen molar-refractivity contribution in [2.24, 2.45) is 0 Å². The Morgan fingerprint density at radius 3 is 2.66 bits per heavy atom. The standard InChI is InChI=1S/C25H25N3O3S/c1-29-18-7-5-16-6-8-19(14-17(16)13-18)31-24-23-20-3-2-4-21(20)32-25(23)27-22(26-24)15-28-9-11-30-12-10-28/h5-8,13-14H,2-4,9-12,15H2,1H3. The van der Waals surface area contributed by atoms with Crippen molar-refractivity contribution in [2.45, 2.75) is 25.8 Å². The summed E-state index contributed by atoms with van der Waals surface area (Å²) in [5.74, 6) is 3.11. The number of hydrogen-bond donors (Lipinski definition) is 0. The molecule has 6 rings (SSSR count). The molecule has 0 unspecified atom stereocenters. The van der Waals surface area contributed by atoms with Crippen LogP contribution >= 0.6 is 11.3 Å². The van der Waals surface area contributed by atoms with Gasteiger partial charge in [-0.15, -0.1) is 11.3 Å². The fraction of sp³-hybridized carbons (Fsp3) is 0.360. The molecule has 7 heteroatoms. The number of methoxy groups -OCH3 is 1. The number of nitrogens with zero attached hydrogens (tertiary/aromatic N) is 3. The summed E-state index contributed by atoms with van der Waals surface area (Å²) in [5, 5.41) is 3.32. The summed E-state index contributed by atoms with van der Waals surface area (Å²) in [6.45, 7) is 4.06. The maximum absolute atomic E-state index is 6.46. The van der Waals surface area contributed by atoms with Gasteiger partial charge in [0.2, 0.25) is 5.88 Å². The van der Waals surface area contributed by atoms with Gasteiger partial charge in [-0.1, -0.05) is 12.1 Å². The fourth-order valence-electron chi connectivity index (χ4n) is 4.61. The minimum atomic E-state index is 0.680. The molecule has 0 saturated carbocycles. The van der Waals surface area contributed by atoms with Crippen molar-refractivity contribution in [3.8, 4) is 17.4 Å². The van der Waals surface area contributed by atoms with E-state index in [1.165, 1.54) is 16.9 Å². The van der Waals surface area contributed by atoms with Crippen molar-refractivity contribution in [1.29, 1.82) is 0 Å². The lowest BCUT2D eigenvalue weighted by Crippen LogP contribution is -2.36. The van der Waals surface area contributed by atoms with Gasteiger partial charge in [0, 0.05) is 18.0 Å². The quantitative estimate of drug-likeness (QED) is 0.431. The van der Waals surface area contributed by atoms with E-state index in [1.54, 1.807) is 18.4 Å². The molecule has 1 fully saturated rings. The molecule has 1 saturated heterocycles. The zero-order valence-electron chi connectivity index (χ0n) is 18.1. The third-order valence-corrected chi connectivity index (χ3v) is 7.47. The first-order valence-corrected chi connectivity index (χ1v) is 12.0. The highest BCUT2D eigenvalue weighted by Crippen LogP contribution is 2.42. The van der Waals surface area contributed by atoms with Gasteiger partial charge in [0.25, 0.3) is 0 Å². The lowest BCUT2D eigenvalue weighted by Gasteiger charge is -2.25. The predicted octanol–water partition coefficient (Wildman–Crippen LogP) is 4.97. The molecule has 32 heavy (non-hydrogen) atoms. The molecule has 0 N–H and O–H groups in total. The maximum atomic E-state index is 6.46. The Morgan fingerprint density at radius 2 is 1.81 bits per heavy atom. The number of aromatic nitrogens is 2. The number of benzene rings is 2. The average Bonchev–Trinajstić information content (AvgIpc) is 3.40. The molecule has 0 atom stereocenters. The zero-order valence-corrected chi connectivity index (χ0v) is 18.9. The van der Waals surface area contributed by atoms with Crippen molar-refractivity contribution in [3.63, 3.8) is 0 Å². The monoisotopic (exact) mass is 447 g/mol. The van der Waals surface area contributed by atoms with Crippen molar-refractivity contribution >= 4 is 32.3 Å². The molecule has 6 nitrogen and oxygen atoms in total. The van der Waals surface area contributed by atoms with Crippen LogP contribution in [0.4, 0.5) is 0 Å². The number of morpholine rings is 1. The highest BCUT2D eigenvalue weighted by molar-refractivity contribution is 7.19. The largest absolute Gasteiger partial charge is 0.497 e. The number of aryl methyl sites for hydroxylation is 2. The number of hydrogen-bond acceptors (Lipinski definition) is 7. The molecular formula is C25H25N3O3S. The van der Waals surface area contributed by atoms with Crippen molar-refractivity contribution < 1.29 is 14.2 Å². The third-order valence-electron chi connectivity index (χ3n) is 6.28. The van der Waals surface area contributed by atoms with Crippen molar-refractivity contribution in [2.75, 3.05) is 33.4 Å². The zero-order chi connectivity index (χ0) is 21.5. The molecule has 0 amide bonds. The molecule has 4 aromatic rings. The molecule has 0 spiro atoms. The lowest BCUT2D eigenvalue weighted by molar-refractivity contribution is 0.0330. The number of ether oxygens (including phenoxy) is 3. The van der Waals surface area contributed by atoms with Gasteiger partial charge >= 0.3 is 0 Å². The topological polar surface area (TPSA) is 56.7 Å². The van der Waals surface area contributed by atoms with Crippen molar-refractivity contribution in [1.82, 2.24) is 14.9 Å². The van der Waals surface area contributed by atoms with E-state index in [4.69, 9.17) is 24.2 Å². The Hall–Kier alpha value is -2.74. The number of fused-ring (bicyclic) bond motifs is 4. The van der Waals surface area contributed by atoms with Crippen LogP contribution in [0.1, 0.15) is 22.7 Å². The van der Waals surface area contributed by atoms with Crippen LogP contribution in [-0.2, 0) is 24.1 Å². The van der Waals surface area contributed by atoms with Crippen LogP contribution in [0.5, 0.6) is 17.4 Å². The second-order valence-corrected chi connectivity index (χ2v) is 9.43. The molecule has 1 aliphatic carbocycles. The Bertz CT molecular complexity index is 1300. The molecule has 1 aliphatic heterocycles. The van der Waals surface area contributed by atoms with Crippen LogP contribution in [0.25, 0.3) is 21.0 Å². The summed E-state index contributed by atoms with van der Waals surface area (Å²) in [4.78, 5) is 14.7. The van der Waals surface area contributed by atoms with Crippen molar-refractivity contribution in [3.05, 3.63) is 52.7 Å². The first-order chi connectivity index (χ1) is 15.8. The van der Waals surface area contributed by atoms with E-state index in [0.717, 1.165) is 77.5 Å². The Labute approximate surface area is 190 Å². The van der Waals surface area contributed by atoms with Crippen LogP contribution in [0.3, 0.4) is 0 Å². The molecule has 0 bridgehead atoms. The second kappa shape index (κ2) is 8.31. The molecule has 2 aromatic heterocycles. The number of rotatable bonds is 5. The normalized spacial score (nSPS) is 16.5. The smallest absolute Gasteiger partial charge is 0.231 e. The summed E-state index contributed by atoms with van der Waals surface area (Å²) >= 11 is 1.80. The molecule has 2 aromatic carbocycles. The highest BCUT2D eigenvalue weighted by atomic mass is 32.1. The van der Waals surface area contributed by atoms with Crippen LogP contribution in [0.15, 0.2) is 36.4 Å². The maximum Gasteiger partial charge on any atom is 0.231 e. The predicted molar refractivity (Wildman–Crippen MR) is 126 cm³/mol. The molecule has 164 valence electrons. The Morgan fingerprint density at radius 1 is 1.00 bits per heavy atom. The van der Waals surface area contributed by atoms with Gasteiger partial charge in [0.15, 0.2) is 0 Å². The highest BCUT2D eigenvalue weighted by Gasteiger charge is 2.24. The number of thiophene rings is 1. The summed E-state index contributed by atoms with van der Waals surface area (Å²) in [6, 6.07) is 12.2. The third kappa shape index (κ3) is 3.70. The van der Waals surface area contributed by atoms with Gasteiger partial charge in [-0.3, -0.25) is 4.90 Å². The van der Waals surface area contributed by atoms with Crippen LogP contribution in [0.2, 0.25) is 0 Å². The molecular weight excluding hydrogens is 422 g/mol. The van der Waals surface area contributed by atoms with E-state index >= 15 is 0 Å². The van der Waals surface area contributed by atoms with Gasteiger partial charge in [-0.2, -0.15) is 4.98 Å². The molecule has 2 aliphatic rings. The second-order valence-electron chi connectivity index (χ2n) is 8.35. The molecule has 0 radical (unpaired) electrons. The van der Waals surface area contributed by atoms with Crippen LogP contribution < -0.4 is 9.47 Å². The van der Waals surface area contributed by atoms with Gasteiger partial charge in [-0.25, -0.2) is 4.98 Å². The summed E-state index contributed by atoms with van der Waals surface area (Å²) in [5.41, 5.74) is 1.38. The lowest BCUT2D eigenvalue weighted by atomic mass is 10.1. The minimum Gasteiger partial charge on any atom is -0.497 e. The first kappa shape index (κ1) is 19.9. The van der Waals surface area contributed by atoms with Crippen LogP contribution in [-0.4, -0.2) is 48.3 Å². The minimum absolute atomic E-state index is 0.680. The average molecular weight is 448 g/mol. The van der Waals surface area contributed by atoms with E-state index in [2.05, 4.69) is 23.1 Å². The van der Waals surface area contributed by atoms with Gasteiger partial charge in [0.05, 0.1) is 32.3 Å². The van der Waals surface area contributed by atoms with Gasteiger partial charge in [-0.05, 0) is 59.9 Å². The van der Waals surface area contributed by atoms with Gasteiger partial charge in [0.1, 0.15) is 22.2 Å². The van der Waals surface area contributed by atoms with E-state index in [0.29, 0.717) is 12.4 Å². The first-order valence-electron chi connectivity index (χ1n) is 11.1. The fourth-order valence-corrected chi connectivity index (χ4v) is 5.88. The van der Waals surface area contributed by atoms with Crippen LogP contribution in [0, 0.1) is 0 Å². The Balaban J connectivity index is 1.40. The summed E-state index contributed by atoms with van der Waals surface area (Å²) in [7, 11) is 1.69. The molecule has 3 heterocycles. The van der Waals surface area contributed by atoms with E-state index in [-0.39, 0.29) is 0 Å². The Kier molecular flexibility index (Phi) is 5.17. The SMILES string of the molecule is COc1ccc2ccc(Oc3nc(CN4CCOCC4)nc4sc5c(c34)CCC5)cc2c1. The van der Waals surface area contributed by atoms with E-state index in [1.807, 2.05) is 18.2 Å². The summed E-state index contributed by atoms with van der Waals surface area (Å²) < 4.78 is 17.3.